The van der Waals surface area contributed by atoms with Gasteiger partial charge in [0.05, 0.1) is 12.3 Å². The van der Waals surface area contributed by atoms with Gasteiger partial charge in [-0.1, -0.05) is 18.6 Å². The van der Waals surface area contributed by atoms with Crippen molar-refractivity contribution in [2.45, 2.75) is 31.7 Å². The maximum atomic E-state index is 12.7. The Hall–Kier alpha value is -1.91. The fourth-order valence-corrected chi connectivity index (χ4v) is 2.47. The van der Waals surface area contributed by atoms with Crippen LogP contribution in [0.3, 0.4) is 0 Å². The lowest BCUT2D eigenvalue weighted by atomic mass is 10.0. The number of rotatable bonds is 4. The summed E-state index contributed by atoms with van der Waals surface area (Å²) in [5.74, 6) is -1.91. The smallest absolute Gasteiger partial charge is 0.308 e. The second-order valence-electron chi connectivity index (χ2n) is 4.85. The molecule has 1 fully saturated rings. The number of carbonyl (C=O) groups is 2. The molecule has 2 rings (SSSR count). The van der Waals surface area contributed by atoms with Crippen molar-refractivity contribution in [3.05, 3.63) is 35.6 Å². The average Bonchev–Trinajstić information content (AvgIpc) is 2.80. The number of benzene rings is 1. The summed E-state index contributed by atoms with van der Waals surface area (Å²) in [5, 5.41) is 11.8. The zero-order valence-electron chi connectivity index (χ0n) is 10.4. The number of hydrogen-bond donors (Lipinski definition) is 2. The van der Waals surface area contributed by atoms with Crippen molar-refractivity contribution in [2.75, 3.05) is 0 Å². The lowest BCUT2D eigenvalue weighted by molar-refractivity contribution is -0.142. The first-order valence-electron chi connectivity index (χ1n) is 6.33. The monoisotopic (exact) mass is 265 g/mol. The average molecular weight is 265 g/mol. The summed E-state index contributed by atoms with van der Waals surface area (Å²) in [7, 11) is 0. The second kappa shape index (κ2) is 5.82. The molecule has 0 bridgehead atoms. The van der Waals surface area contributed by atoms with E-state index < -0.39 is 11.9 Å². The van der Waals surface area contributed by atoms with E-state index in [4.69, 9.17) is 5.11 Å². The predicted octanol–water partition coefficient (Wildman–Crippen LogP) is 1.74. The van der Waals surface area contributed by atoms with Crippen molar-refractivity contribution < 1.29 is 19.1 Å². The van der Waals surface area contributed by atoms with Crippen molar-refractivity contribution in [3.63, 3.8) is 0 Å². The molecule has 102 valence electrons. The van der Waals surface area contributed by atoms with Gasteiger partial charge in [0.2, 0.25) is 5.91 Å². The minimum atomic E-state index is -0.857. The molecule has 4 nitrogen and oxygen atoms in total. The van der Waals surface area contributed by atoms with Gasteiger partial charge in [-0.25, -0.2) is 4.39 Å². The number of halogens is 1. The third-order valence-electron chi connectivity index (χ3n) is 3.46. The highest BCUT2D eigenvalue weighted by molar-refractivity contribution is 5.80. The van der Waals surface area contributed by atoms with Gasteiger partial charge in [-0.15, -0.1) is 0 Å². The maximum absolute atomic E-state index is 12.7. The Kier molecular flexibility index (Phi) is 4.14. The molecule has 0 spiro atoms. The van der Waals surface area contributed by atoms with Crippen LogP contribution in [-0.4, -0.2) is 23.0 Å². The zero-order chi connectivity index (χ0) is 13.8. The molecule has 0 heterocycles. The Bertz CT molecular complexity index is 472. The molecule has 1 saturated carbocycles. The highest BCUT2D eigenvalue weighted by atomic mass is 19.1. The number of nitrogens with one attached hydrogen (secondary N) is 1. The fraction of sp³-hybridized carbons (Fsp3) is 0.429. The standard InChI is InChI=1S/C14H16FNO3/c15-10-6-4-9(5-7-10)8-13(17)16-12-3-1-2-11(12)14(18)19/h4-7,11-12H,1-3,8H2,(H,16,17)(H,18,19)/t11-,12+/m1/s1. The highest BCUT2D eigenvalue weighted by Gasteiger charge is 2.33. The minimum Gasteiger partial charge on any atom is -0.481 e. The largest absolute Gasteiger partial charge is 0.481 e. The van der Waals surface area contributed by atoms with Crippen molar-refractivity contribution in [2.24, 2.45) is 5.92 Å². The number of amides is 1. The molecule has 1 aliphatic carbocycles. The Morgan fingerprint density at radius 3 is 2.58 bits per heavy atom. The lowest BCUT2D eigenvalue weighted by Crippen LogP contribution is -2.40. The highest BCUT2D eigenvalue weighted by Crippen LogP contribution is 2.25. The van der Waals surface area contributed by atoms with Gasteiger partial charge in [0.1, 0.15) is 5.82 Å². The quantitative estimate of drug-likeness (QED) is 0.871. The molecule has 0 radical (unpaired) electrons. The van der Waals surface area contributed by atoms with E-state index in [1.54, 1.807) is 12.1 Å². The van der Waals surface area contributed by atoms with Crippen LogP contribution in [0.25, 0.3) is 0 Å². The van der Waals surface area contributed by atoms with Crippen molar-refractivity contribution in [3.8, 4) is 0 Å². The van der Waals surface area contributed by atoms with E-state index in [-0.39, 0.29) is 24.2 Å². The molecular weight excluding hydrogens is 249 g/mol. The van der Waals surface area contributed by atoms with Gasteiger partial charge in [-0.2, -0.15) is 0 Å². The van der Waals surface area contributed by atoms with Gasteiger partial charge in [-0.3, -0.25) is 9.59 Å². The summed E-state index contributed by atoms with van der Waals surface area (Å²) in [5.41, 5.74) is 0.712. The number of aliphatic carboxylic acids is 1. The van der Waals surface area contributed by atoms with E-state index >= 15 is 0 Å². The molecule has 0 aromatic heterocycles. The van der Waals surface area contributed by atoms with E-state index in [9.17, 15) is 14.0 Å². The van der Waals surface area contributed by atoms with Gasteiger partial charge in [0, 0.05) is 6.04 Å². The summed E-state index contributed by atoms with van der Waals surface area (Å²) >= 11 is 0. The summed E-state index contributed by atoms with van der Waals surface area (Å²) < 4.78 is 12.7. The molecule has 1 aromatic rings. The molecule has 0 aliphatic heterocycles. The van der Waals surface area contributed by atoms with Crippen molar-refractivity contribution >= 4 is 11.9 Å². The molecule has 19 heavy (non-hydrogen) atoms. The first-order chi connectivity index (χ1) is 9.06. The van der Waals surface area contributed by atoms with Crippen molar-refractivity contribution in [1.29, 1.82) is 0 Å². The molecule has 0 unspecified atom stereocenters. The molecule has 2 N–H and O–H groups in total. The van der Waals surface area contributed by atoms with Crippen LogP contribution in [-0.2, 0) is 16.0 Å². The van der Waals surface area contributed by atoms with Crippen LogP contribution in [0.4, 0.5) is 4.39 Å². The summed E-state index contributed by atoms with van der Waals surface area (Å²) in [4.78, 5) is 22.8. The first kappa shape index (κ1) is 13.5. The van der Waals surface area contributed by atoms with Crippen molar-refractivity contribution in [1.82, 2.24) is 5.32 Å². The number of hydrogen-bond acceptors (Lipinski definition) is 2. The van der Waals surface area contributed by atoms with Crippen LogP contribution in [0.2, 0.25) is 0 Å². The third-order valence-corrected chi connectivity index (χ3v) is 3.46. The number of carboxylic acid groups (broad SMARTS) is 1. The predicted molar refractivity (Wildman–Crippen MR) is 67.0 cm³/mol. The molecule has 2 atom stereocenters. The van der Waals surface area contributed by atoms with E-state index in [0.29, 0.717) is 18.4 Å². The van der Waals surface area contributed by atoms with Gasteiger partial charge in [0.15, 0.2) is 0 Å². The van der Waals surface area contributed by atoms with Crippen LogP contribution in [0.15, 0.2) is 24.3 Å². The summed E-state index contributed by atoms with van der Waals surface area (Å²) in [6.45, 7) is 0. The Balaban J connectivity index is 1.90. The normalized spacial score (nSPS) is 22.2. The first-order valence-corrected chi connectivity index (χ1v) is 6.33. The van der Waals surface area contributed by atoms with E-state index in [1.807, 2.05) is 0 Å². The molecule has 1 aliphatic rings. The summed E-state index contributed by atoms with van der Waals surface area (Å²) in [6.07, 6.45) is 2.27. The fourth-order valence-electron chi connectivity index (χ4n) is 2.47. The topological polar surface area (TPSA) is 66.4 Å². The molecule has 1 aromatic carbocycles. The minimum absolute atomic E-state index is 0.142. The van der Waals surface area contributed by atoms with E-state index in [0.717, 1.165) is 6.42 Å². The lowest BCUT2D eigenvalue weighted by Gasteiger charge is -2.17. The van der Waals surface area contributed by atoms with Gasteiger partial charge in [-0.05, 0) is 30.5 Å². The Morgan fingerprint density at radius 1 is 1.26 bits per heavy atom. The Morgan fingerprint density at radius 2 is 1.95 bits per heavy atom. The maximum Gasteiger partial charge on any atom is 0.308 e. The van der Waals surface area contributed by atoms with Crippen LogP contribution in [0, 0.1) is 11.7 Å². The molecule has 1 amide bonds. The van der Waals surface area contributed by atoms with Crippen LogP contribution >= 0.6 is 0 Å². The third kappa shape index (κ3) is 3.53. The van der Waals surface area contributed by atoms with E-state index in [2.05, 4.69) is 5.32 Å². The van der Waals surface area contributed by atoms with Crippen LogP contribution < -0.4 is 5.32 Å². The zero-order valence-corrected chi connectivity index (χ0v) is 10.4. The Labute approximate surface area is 110 Å². The van der Waals surface area contributed by atoms with Crippen LogP contribution in [0.1, 0.15) is 24.8 Å². The van der Waals surface area contributed by atoms with Gasteiger partial charge >= 0.3 is 5.97 Å². The summed E-state index contributed by atoms with van der Waals surface area (Å²) in [6, 6.07) is 5.43. The molecule has 0 saturated heterocycles. The van der Waals surface area contributed by atoms with Crippen LogP contribution in [0.5, 0.6) is 0 Å². The second-order valence-corrected chi connectivity index (χ2v) is 4.85. The number of carbonyl (C=O) groups excluding carboxylic acids is 1. The number of carboxylic acids is 1. The van der Waals surface area contributed by atoms with E-state index in [1.165, 1.54) is 12.1 Å². The van der Waals surface area contributed by atoms with Gasteiger partial charge in [0.25, 0.3) is 0 Å². The van der Waals surface area contributed by atoms with Gasteiger partial charge < -0.3 is 10.4 Å². The molecule has 5 heteroatoms. The molecular formula is C14H16FNO3. The SMILES string of the molecule is O=C(Cc1ccc(F)cc1)N[C@H]1CCC[C@H]1C(=O)O.